The molecular formula is C13H14FN3O3. The van der Waals surface area contributed by atoms with Crippen LogP contribution >= 0.6 is 0 Å². The van der Waals surface area contributed by atoms with E-state index in [1.807, 2.05) is 6.07 Å². The highest BCUT2D eigenvalue weighted by atomic mass is 19.1. The quantitative estimate of drug-likeness (QED) is 0.884. The maximum absolute atomic E-state index is 13.1. The normalized spacial score (nSPS) is 11.3. The summed E-state index contributed by atoms with van der Waals surface area (Å²) >= 11 is 0. The molecule has 1 aromatic rings. The van der Waals surface area contributed by atoms with E-state index in [-0.39, 0.29) is 23.7 Å². The lowest BCUT2D eigenvalue weighted by Gasteiger charge is -2.23. The Hall–Kier alpha value is -2.62. The molecule has 1 rings (SSSR count). The van der Waals surface area contributed by atoms with Gasteiger partial charge in [-0.1, -0.05) is 0 Å². The lowest BCUT2D eigenvalue weighted by molar-refractivity contribution is 0.0698. The lowest BCUT2D eigenvalue weighted by Crippen LogP contribution is -2.38. The second-order valence-corrected chi connectivity index (χ2v) is 4.25. The Morgan fingerprint density at radius 1 is 1.55 bits per heavy atom. The maximum Gasteiger partial charge on any atom is 0.337 e. The highest BCUT2D eigenvalue weighted by Gasteiger charge is 2.18. The summed E-state index contributed by atoms with van der Waals surface area (Å²) in [7, 11) is 1.47. The van der Waals surface area contributed by atoms with E-state index in [2.05, 4.69) is 5.32 Å². The number of benzene rings is 1. The van der Waals surface area contributed by atoms with E-state index in [4.69, 9.17) is 10.4 Å². The number of nitrogens with one attached hydrogen (secondary N) is 1. The van der Waals surface area contributed by atoms with Gasteiger partial charge in [-0.2, -0.15) is 5.26 Å². The Balaban J connectivity index is 2.93. The van der Waals surface area contributed by atoms with Crippen molar-refractivity contribution in [2.45, 2.75) is 19.4 Å². The van der Waals surface area contributed by atoms with Crippen molar-refractivity contribution in [1.82, 2.24) is 4.90 Å². The molecule has 0 bridgehead atoms. The van der Waals surface area contributed by atoms with Gasteiger partial charge in [0.25, 0.3) is 0 Å². The van der Waals surface area contributed by atoms with Gasteiger partial charge in [-0.15, -0.1) is 0 Å². The van der Waals surface area contributed by atoms with Crippen molar-refractivity contribution in [3.63, 3.8) is 0 Å². The molecule has 0 saturated carbocycles. The van der Waals surface area contributed by atoms with Crippen molar-refractivity contribution >= 4 is 17.7 Å². The second kappa shape index (κ2) is 6.52. The zero-order valence-electron chi connectivity index (χ0n) is 11.1. The molecule has 0 fully saturated rings. The summed E-state index contributed by atoms with van der Waals surface area (Å²) in [5.74, 6) is -1.92. The van der Waals surface area contributed by atoms with Crippen molar-refractivity contribution in [3.05, 3.63) is 29.6 Å². The number of hydrogen-bond acceptors (Lipinski definition) is 3. The number of hydrogen-bond donors (Lipinski definition) is 2. The zero-order chi connectivity index (χ0) is 15.3. The molecular weight excluding hydrogens is 265 g/mol. The largest absolute Gasteiger partial charge is 0.478 e. The first kappa shape index (κ1) is 15.4. The maximum atomic E-state index is 13.1. The van der Waals surface area contributed by atoms with Gasteiger partial charge in [0.2, 0.25) is 0 Å². The minimum Gasteiger partial charge on any atom is -0.478 e. The van der Waals surface area contributed by atoms with Gasteiger partial charge in [0.05, 0.1) is 23.7 Å². The summed E-state index contributed by atoms with van der Waals surface area (Å²) in [5, 5.41) is 19.9. The summed E-state index contributed by atoms with van der Waals surface area (Å²) < 4.78 is 13.1. The fraction of sp³-hybridized carbons (Fsp3) is 0.308. The average molecular weight is 279 g/mol. The third-order valence-electron chi connectivity index (χ3n) is 2.82. The number of carboxylic acids is 1. The van der Waals surface area contributed by atoms with E-state index in [9.17, 15) is 14.0 Å². The fourth-order valence-electron chi connectivity index (χ4n) is 1.48. The third-order valence-corrected chi connectivity index (χ3v) is 2.82. The summed E-state index contributed by atoms with van der Waals surface area (Å²) in [6.07, 6.45) is 0.138. The number of carbonyl (C=O) groups excluding carboxylic acids is 1. The minimum absolute atomic E-state index is 0.126. The van der Waals surface area contributed by atoms with Crippen LogP contribution in [0.4, 0.5) is 14.9 Å². The van der Waals surface area contributed by atoms with Gasteiger partial charge in [0.15, 0.2) is 0 Å². The predicted octanol–water partition coefficient (Wildman–Crippen LogP) is 2.29. The molecule has 20 heavy (non-hydrogen) atoms. The van der Waals surface area contributed by atoms with Gasteiger partial charge < -0.3 is 15.3 Å². The van der Waals surface area contributed by atoms with Crippen LogP contribution in [0.25, 0.3) is 0 Å². The minimum atomic E-state index is -1.27. The monoisotopic (exact) mass is 279 g/mol. The molecule has 2 amide bonds. The Morgan fingerprint density at radius 2 is 2.20 bits per heavy atom. The molecule has 106 valence electrons. The van der Waals surface area contributed by atoms with Crippen LogP contribution in [0.1, 0.15) is 23.7 Å². The molecule has 6 nitrogen and oxygen atoms in total. The topological polar surface area (TPSA) is 93.4 Å². The van der Waals surface area contributed by atoms with E-state index in [0.717, 1.165) is 18.2 Å². The SMILES string of the molecule is CC(CC#N)N(C)C(=O)Nc1cc(F)ccc1C(=O)O. The predicted molar refractivity (Wildman–Crippen MR) is 69.8 cm³/mol. The van der Waals surface area contributed by atoms with Crippen LogP contribution in [0.15, 0.2) is 18.2 Å². The van der Waals surface area contributed by atoms with Gasteiger partial charge >= 0.3 is 12.0 Å². The molecule has 0 aliphatic carbocycles. The highest BCUT2D eigenvalue weighted by Crippen LogP contribution is 2.18. The molecule has 0 spiro atoms. The second-order valence-electron chi connectivity index (χ2n) is 4.25. The fourth-order valence-corrected chi connectivity index (χ4v) is 1.48. The van der Waals surface area contributed by atoms with Gasteiger partial charge in [-0.25, -0.2) is 14.0 Å². The van der Waals surface area contributed by atoms with Crippen LogP contribution in [0.5, 0.6) is 0 Å². The van der Waals surface area contributed by atoms with Crippen LogP contribution in [-0.2, 0) is 0 Å². The van der Waals surface area contributed by atoms with Crippen molar-refractivity contribution in [2.24, 2.45) is 0 Å². The number of halogens is 1. The lowest BCUT2D eigenvalue weighted by atomic mass is 10.1. The number of amides is 2. The van der Waals surface area contributed by atoms with Crippen molar-refractivity contribution in [2.75, 3.05) is 12.4 Å². The number of nitriles is 1. The standard InChI is InChI=1S/C13H14FN3O3/c1-8(5-6-15)17(2)13(20)16-11-7-9(14)3-4-10(11)12(18)19/h3-4,7-8H,5H2,1-2H3,(H,16,20)(H,18,19). The highest BCUT2D eigenvalue weighted by molar-refractivity contribution is 6.00. The van der Waals surface area contributed by atoms with Crippen LogP contribution in [0.3, 0.4) is 0 Å². The van der Waals surface area contributed by atoms with E-state index in [0.29, 0.717) is 0 Å². The van der Waals surface area contributed by atoms with E-state index < -0.39 is 17.8 Å². The first-order chi connectivity index (χ1) is 9.36. The zero-order valence-corrected chi connectivity index (χ0v) is 11.1. The molecule has 0 heterocycles. The van der Waals surface area contributed by atoms with Gasteiger partial charge in [0.1, 0.15) is 5.82 Å². The molecule has 1 unspecified atom stereocenters. The third kappa shape index (κ3) is 3.68. The first-order valence-corrected chi connectivity index (χ1v) is 5.80. The molecule has 2 N–H and O–H groups in total. The molecule has 0 aliphatic heterocycles. The number of anilines is 1. The number of nitrogens with zero attached hydrogens (tertiary/aromatic N) is 2. The number of carboxylic acid groups (broad SMARTS) is 1. The van der Waals surface area contributed by atoms with Gasteiger partial charge in [-0.05, 0) is 25.1 Å². The number of urea groups is 1. The van der Waals surface area contributed by atoms with E-state index in [1.165, 1.54) is 11.9 Å². The first-order valence-electron chi connectivity index (χ1n) is 5.80. The number of aromatic carboxylic acids is 1. The van der Waals surface area contributed by atoms with Crippen LogP contribution in [-0.4, -0.2) is 35.1 Å². The van der Waals surface area contributed by atoms with Gasteiger partial charge in [-0.3, -0.25) is 0 Å². The molecule has 7 heteroatoms. The molecule has 0 saturated heterocycles. The van der Waals surface area contributed by atoms with E-state index in [1.54, 1.807) is 6.92 Å². The number of rotatable bonds is 4. The Kier molecular flexibility index (Phi) is 5.03. The summed E-state index contributed by atoms with van der Waals surface area (Å²) in [6.45, 7) is 1.67. The Morgan fingerprint density at radius 3 is 2.75 bits per heavy atom. The molecule has 1 atom stereocenters. The number of carbonyl (C=O) groups is 2. The van der Waals surface area contributed by atoms with Crippen LogP contribution in [0.2, 0.25) is 0 Å². The van der Waals surface area contributed by atoms with E-state index >= 15 is 0 Å². The summed E-state index contributed by atoms with van der Waals surface area (Å²) in [6, 6.07) is 3.99. The average Bonchev–Trinajstić information content (AvgIpc) is 2.37. The van der Waals surface area contributed by atoms with Crippen molar-refractivity contribution in [1.29, 1.82) is 5.26 Å². The Labute approximate surface area is 115 Å². The summed E-state index contributed by atoms with van der Waals surface area (Å²) in [4.78, 5) is 24.1. The molecule has 0 aliphatic rings. The molecule has 0 radical (unpaired) electrons. The summed E-state index contributed by atoms with van der Waals surface area (Å²) in [5.41, 5.74) is -0.334. The Bertz CT molecular complexity index is 568. The van der Waals surface area contributed by atoms with Crippen LogP contribution < -0.4 is 5.32 Å². The molecule has 0 aromatic heterocycles. The molecule has 1 aromatic carbocycles. The van der Waals surface area contributed by atoms with Crippen LogP contribution in [0, 0.1) is 17.1 Å². The van der Waals surface area contributed by atoms with Crippen molar-refractivity contribution in [3.8, 4) is 6.07 Å². The smallest absolute Gasteiger partial charge is 0.337 e. The van der Waals surface area contributed by atoms with Gasteiger partial charge in [0, 0.05) is 13.1 Å². The van der Waals surface area contributed by atoms with Crippen molar-refractivity contribution < 1.29 is 19.1 Å².